The Kier molecular flexibility index (Phi) is 3.41. The molecule has 2 unspecified atom stereocenters. The summed E-state index contributed by atoms with van der Waals surface area (Å²) in [4.78, 5) is 0. The van der Waals surface area contributed by atoms with Gasteiger partial charge >= 0.3 is 0 Å². The highest BCUT2D eigenvalue weighted by molar-refractivity contribution is 6.33. The molecule has 1 aliphatic rings. The number of para-hydroxylation sites is 1. The molecule has 3 heteroatoms. The molecule has 0 radical (unpaired) electrons. The number of benzene rings is 1. The van der Waals surface area contributed by atoms with Crippen LogP contribution in [0.5, 0.6) is 0 Å². The quantitative estimate of drug-likeness (QED) is 0.848. The molecule has 0 amide bonds. The Morgan fingerprint density at radius 2 is 2.25 bits per heavy atom. The number of aliphatic hydroxyl groups is 1. The van der Waals surface area contributed by atoms with Crippen LogP contribution in [-0.2, 0) is 0 Å². The SMILES string of the molecule is CC1CCCC1(CO)Nc1ccccc1Cl. The van der Waals surface area contributed by atoms with Gasteiger partial charge in [0.25, 0.3) is 0 Å². The smallest absolute Gasteiger partial charge is 0.0664 e. The lowest BCUT2D eigenvalue weighted by atomic mass is 9.89. The molecule has 0 aromatic heterocycles. The van der Waals surface area contributed by atoms with Gasteiger partial charge in [0, 0.05) is 0 Å². The van der Waals surface area contributed by atoms with Crippen LogP contribution in [0.4, 0.5) is 5.69 Å². The molecule has 2 rings (SSSR count). The van der Waals surface area contributed by atoms with Crippen LogP contribution in [0, 0.1) is 5.92 Å². The Balaban J connectivity index is 2.22. The van der Waals surface area contributed by atoms with E-state index < -0.39 is 0 Å². The van der Waals surface area contributed by atoms with Gasteiger partial charge in [0.05, 0.1) is 22.9 Å². The summed E-state index contributed by atoms with van der Waals surface area (Å²) in [5.41, 5.74) is 0.734. The first-order valence-electron chi connectivity index (χ1n) is 5.81. The maximum atomic E-state index is 9.63. The molecule has 0 bridgehead atoms. The number of hydrogen-bond donors (Lipinski definition) is 2. The van der Waals surface area contributed by atoms with Gasteiger partial charge in [-0.3, -0.25) is 0 Å². The fourth-order valence-corrected chi connectivity index (χ4v) is 2.72. The summed E-state index contributed by atoms with van der Waals surface area (Å²) in [5, 5.41) is 13.8. The van der Waals surface area contributed by atoms with Crippen molar-refractivity contribution >= 4 is 17.3 Å². The van der Waals surface area contributed by atoms with Crippen molar-refractivity contribution < 1.29 is 5.11 Å². The monoisotopic (exact) mass is 239 g/mol. The van der Waals surface area contributed by atoms with Crippen LogP contribution in [0.25, 0.3) is 0 Å². The predicted molar refractivity (Wildman–Crippen MR) is 67.9 cm³/mol. The molecule has 2 nitrogen and oxygen atoms in total. The van der Waals surface area contributed by atoms with E-state index in [2.05, 4.69) is 12.2 Å². The number of nitrogens with one attached hydrogen (secondary N) is 1. The minimum absolute atomic E-state index is 0.166. The third-order valence-corrected chi connectivity index (χ3v) is 4.07. The second kappa shape index (κ2) is 4.64. The molecule has 0 aliphatic heterocycles. The molecule has 0 heterocycles. The lowest BCUT2D eigenvalue weighted by molar-refractivity contribution is 0.184. The topological polar surface area (TPSA) is 32.3 Å². The molecule has 2 atom stereocenters. The number of halogens is 1. The van der Waals surface area contributed by atoms with Crippen molar-refractivity contribution in [1.82, 2.24) is 0 Å². The highest BCUT2D eigenvalue weighted by atomic mass is 35.5. The highest BCUT2D eigenvalue weighted by Gasteiger charge is 2.39. The maximum absolute atomic E-state index is 9.63. The van der Waals surface area contributed by atoms with Gasteiger partial charge in [0.15, 0.2) is 0 Å². The largest absolute Gasteiger partial charge is 0.394 e. The van der Waals surface area contributed by atoms with Crippen LogP contribution in [0.2, 0.25) is 5.02 Å². The van der Waals surface area contributed by atoms with Crippen LogP contribution in [0.15, 0.2) is 24.3 Å². The molecule has 0 saturated heterocycles. The third kappa shape index (κ3) is 2.04. The van der Waals surface area contributed by atoms with E-state index in [0.29, 0.717) is 5.92 Å². The van der Waals surface area contributed by atoms with E-state index in [1.165, 1.54) is 6.42 Å². The average molecular weight is 240 g/mol. The minimum atomic E-state index is -0.189. The summed E-state index contributed by atoms with van der Waals surface area (Å²) >= 11 is 6.13. The zero-order valence-electron chi connectivity index (χ0n) is 9.54. The van der Waals surface area contributed by atoms with Crippen molar-refractivity contribution in [1.29, 1.82) is 0 Å². The lowest BCUT2D eigenvalue weighted by Gasteiger charge is -2.34. The molecule has 0 spiro atoms. The molecule has 16 heavy (non-hydrogen) atoms. The molecule has 88 valence electrons. The van der Waals surface area contributed by atoms with Gasteiger partial charge in [0.1, 0.15) is 0 Å². The fourth-order valence-electron chi connectivity index (χ4n) is 2.54. The van der Waals surface area contributed by atoms with Gasteiger partial charge < -0.3 is 10.4 Å². The zero-order chi connectivity index (χ0) is 11.6. The fraction of sp³-hybridized carbons (Fsp3) is 0.538. The van der Waals surface area contributed by atoms with Crippen molar-refractivity contribution in [2.24, 2.45) is 5.92 Å². The molecule has 1 aromatic rings. The van der Waals surface area contributed by atoms with E-state index >= 15 is 0 Å². The summed E-state index contributed by atoms with van der Waals surface area (Å²) in [6, 6.07) is 7.70. The molecular formula is C13H18ClNO. The first-order valence-corrected chi connectivity index (χ1v) is 6.19. The lowest BCUT2D eigenvalue weighted by Crippen LogP contribution is -2.44. The average Bonchev–Trinajstić information content (AvgIpc) is 2.64. The highest BCUT2D eigenvalue weighted by Crippen LogP contribution is 2.39. The van der Waals surface area contributed by atoms with E-state index in [4.69, 9.17) is 11.6 Å². The summed E-state index contributed by atoms with van der Waals surface area (Å²) in [6.07, 6.45) is 3.34. The van der Waals surface area contributed by atoms with E-state index in [9.17, 15) is 5.11 Å². The van der Waals surface area contributed by atoms with Gasteiger partial charge in [0.2, 0.25) is 0 Å². The number of rotatable bonds is 3. The Morgan fingerprint density at radius 1 is 1.50 bits per heavy atom. The standard InChI is InChI=1S/C13H18ClNO/c1-10-5-4-8-13(10,9-16)15-12-7-3-2-6-11(12)14/h2-3,6-7,10,15-16H,4-5,8-9H2,1H3. The van der Waals surface area contributed by atoms with Crippen LogP contribution in [-0.4, -0.2) is 17.3 Å². The number of hydrogen-bond acceptors (Lipinski definition) is 2. The van der Waals surface area contributed by atoms with Gasteiger partial charge in [-0.2, -0.15) is 0 Å². The van der Waals surface area contributed by atoms with Crippen LogP contribution in [0.1, 0.15) is 26.2 Å². The van der Waals surface area contributed by atoms with Crippen LogP contribution >= 0.6 is 11.6 Å². The molecule has 1 aliphatic carbocycles. The van der Waals surface area contributed by atoms with Crippen molar-refractivity contribution in [3.05, 3.63) is 29.3 Å². The zero-order valence-corrected chi connectivity index (χ0v) is 10.3. The Morgan fingerprint density at radius 3 is 2.81 bits per heavy atom. The van der Waals surface area contributed by atoms with Gasteiger partial charge in [-0.15, -0.1) is 0 Å². The number of aliphatic hydroxyl groups excluding tert-OH is 1. The van der Waals surface area contributed by atoms with Crippen molar-refractivity contribution in [2.45, 2.75) is 31.7 Å². The number of anilines is 1. The summed E-state index contributed by atoms with van der Waals surface area (Å²) < 4.78 is 0. The van der Waals surface area contributed by atoms with E-state index in [0.717, 1.165) is 23.6 Å². The second-order valence-electron chi connectivity index (χ2n) is 4.71. The molecule has 1 saturated carbocycles. The van der Waals surface area contributed by atoms with E-state index in [1.54, 1.807) is 0 Å². The van der Waals surface area contributed by atoms with Gasteiger partial charge in [-0.25, -0.2) is 0 Å². The van der Waals surface area contributed by atoms with Crippen molar-refractivity contribution in [3.63, 3.8) is 0 Å². The molecule has 1 fully saturated rings. The first-order chi connectivity index (χ1) is 7.68. The van der Waals surface area contributed by atoms with E-state index in [-0.39, 0.29) is 12.1 Å². The minimum Gasteiger partial charge on any atom is -0.394 e. The maximum Gasteiger partial charge on any atom is 0.0664 e. The van der Waals surface area contributed by atoms with Crippen molar-refractivity contribution in [2.75, 3.05) is 11.9 Å². The van der Waals surface area contributed by atoms with Crippen LogP contribution < -0.4 is 5.32 Å². The first kappa shape index (κ1) is 11.7. The molecule has 2 N–H and O–H groups in total. The normalized spacial score (nSPS) is 29.3. The predicted octanol–water partition coefficient (Wildman–Crippen LogP) is 3.30. The van der Waals surface area contributed by atoms with E-state index in [1.807, 2.05) is 24.3 Å². The van der Waals surface area contributed by atoms with Crippen molar-refractivity contribution in [3.8, 4) is 0 Å². The molecular weight excluding hydrogens is 222 g/mol. The second-order valence-corrected chi connectivity index (χ2v) is 5.12. The van der Waals surface area contributed by atoms with Gasteiger partial charge in [-0.05, 0) is 30.9 Å². The summed E-state index contributed by atoms with van der Waals surface area (Å²) in [5.74, 6) is 0.480. The summed E-state index contributed by atoms with van der Waals surface area (Å²) in [7, 11) is 0. The van der Waals surface area contributed by atoms with Crippen LogP contribution in [0.3, 0.4) is 0 Å². The summed E-state index contributed by atoms with van der Waals surface area (Å²) in [6.45, 7) is 2.35. The Hall–Kier alpha value is -0.730. The van der Waals surface area contributed by atoms with Gasteiger partial charge in [-0.1, -0.05) is 37.1 Å². The molecule has 1 aromatic carbocycles. The third-order valence-electron chi connectivity index (χ3n) is 3.74. The Bertz CT molecular complexity index is 369. The Labute approximate surface area is 102 Å².